The number of aliphatic hydroxyl groups is 3. The van der Waals surface area contributed by atoms with Gasteiger partial charge in [-0.2, -0.15) is 0 Å². The second kappa shape index (κ2) is 8.38. The van der Waals surface area contributed by atoms with Gasteiger partial charge >= 0.3 is 6.09 Å². The molecule has 0 aliphatic carbocycles. The summed E-state index contributed by atoms with van der Waals surface area (Å²) >= 11 is 0. The zero-order chi connectivity index (χ0) is 11.7. The number of ether oxygens (including phenoxy) is 1. The minimum atomic E-state index is -1.24. The van der Waals surface area contributed by atoms with Crippen LogP contribution in [0.25, 0.3) is 0 Å². The number of nitrogens with zero attached hydrogens (tertiary/aromatic N) is 2. The predicted molar refractivity (Wildman–Crippen MR) is 48.6 cm³/mol. The van der Waals surface area contributed by atoms with Gasteiger partial charge in [-0.1, -0.05) is 0 Å². The Morgan fingerprint density at radius 2 is 1.80 bits per heavy atom. The van der Waals surface area contributed by atoms with E-state index in [1.54, 1.807) is 0 Å². The fourth-order valence-electron chi connectivity index (χ4n) is 0.835. The molecule has 0 heterocycles. The SMILES string of the molecule is O=C(O)N(CO)CCN(CO)COCO. The summed E-state index contributed by atoms with van der Waals surface area (Å²) in [6, 6.07) is 0. The van der Waals surface area contributed by atoms with E-state index in [1.165, 1.54) is 4.90 Å². The van der Waals surface area contributed by atoms with Crippen molar-refractivity contribution in [2.45, 2.75) is 0 Å². The van der Waals surface area contributed by atoms with Gasteiger partial charge in [-0.25, -0.2) is 4.79 Å². The number of amides is 1. The van der Waals surface area contributed by atoms with Crippen molar-refractivity contribution < 1.29 is 30.0 Å². The molecule has 0 fully saturated rings. The molecule has 0 unspecified atom stereocenters. The molecular weight excluding hydrogens is 208 g/mol. The summed E-state index contributed by atoms with van der Waals surface area (Å²) in [6.45, 7) is -1.16. The van der Waals surface area contributed by atoms with E-state index in [1.807, 2.05) is 0 Å². The highest BCUT2D eigenvalue weighted by molar-refractivity contribution is 5.64. The quantitative estimate of drug-likeness (QED) is 0.356. The van der Waals surface area contributed by atoms with Gasteiger partial charge in [-0.05, 0) is 0 Å². The predicted octanol–water partition coefficient (Wildman–Crippen LogP) is -1.91. The Bertz CT molecular complexity index is 179. The average molecular weight is 224 g/mol. The van der Waals surface area contributed by atoms with Crippen molar-refractivity contribution >= 4 is 6.09 Å². The Kier molecular flexibility index (Phi) is 7.86. The van der Waals surface area contributed by atoms with Crippen LogP contribution in [0.3, 0.4) is 0 Å². The van der Waals surface area contributed by atoms with E-state index in [0.717, 1.165) is 4.90 Å². The molecule has 0 bridgehead atoms. The molecule has 8 nitrogen and oxygen atoms in total. The van der Waals surface area contributed by atoms with Gasteiger partial charge in [0.1, 0.15) is 20.3 Å². The van der Waals surface area contributed by atoms with Gasteiger partial charge in [0.15, 0.2) is 0 Å². The van der Waals surface area contributed by atoms with E-state index < -0.39 is 19.6 Å². The summed E-state index contributed by atoms with van der Waals surface area (Å²) in [5, 5.41) is 34.4. The first-order valence-electron chi connectivity index (χ1n) is 4.26. The lowest BCUT2D eigenvalue weighted by Crippen LogP contribution is -2.39. The number of carbonyl (C=O) groups is 1. The molecule has 8 heteroatoms. The first-order chi connectivity index (χ1) is 7.15. The van der Waals surface area contributed by atoms with Crippen LogP contribution in [0, 0.1) is 0 Å². The second-order valence-corrected chi connectivity index (χ2v) is 2.69. The van der Waals surface area contributed by atoms with Crippen molar-refractivity contribution in [3.8, 4) is 0 Å². The summed E-state index contributed by atoms with van der Waals surface area (Å²) in [5.41, 5.74) is 0. The lowest BCUT2D eigenvalue weighted by atomic mass is 10.5. The summed E-state index contributed by atoms with van der Waals surface area (Å²) in [4.78, 5) is 12.6. The summed E-state index contributed by atoms with van der Waals surface area (Å²) in [7, 11) is 0. The molecule has 4 N–H and O–H groups in total. The molecule has 0 saturated heterocycles. The van der Waals surface area contributed by atoms with E-state index in [-0.39, 0.29) is 26.6 Å². The zero-order valence-corrected chi connectivity index (χ0v) is 8.24. The van der Waals surface area contributed by atoms with Gasteiger partial charge in [-0.15, -0.1) is 0 Å². The highest BCUT2D eigenvalue weighted by Gasteiger charge is 2.11. The minimum absolute atomic E-state index is 0.00805. The molecule has 0 rings (SSSR count). The van der Waals surface area contributed by atoms with Crippen LogP contribution >= 0.6 is 0 Å². The smallest absolute Gasteiger partial charge is 0.409 e. The van der Waals surface area contributed by atoms with Crippen molar-refractivity contribution in [2.24, 2.45) is 0 Å². The number of hydrogen-bond acceptors (Lipinski definition) is 6. The molecule has 0 saturated carbocycles. The lowest BCUT2D eigenvalue weighted by molar-refractivity contribution is -0.0770. The fourth-order valence-corrected chi connectivity index (χ4v) is 0.835. The van der Waals surface area contributed by atoms with Crippen LogP contribution in [0.4, 0.5) is 4.79 Å². The third-order valence-corrected chi connectivity index (χ3v) is 1.69. The van der Waals surface area contributed by atoms with Crippen molar-refractivity contribution in [1.29, 1.82) is 0 Å². The van der Waals surface area contributed by atoms with Crippen LogP contribution in [0.2, 0.25) is 0 Å². The number of hydrogen-bond donors (Lipinski definition) is 4. The van der Waals surface area contributed by atoms with E-state index in [9.17, 15) is 4.79 Å². The van der Waals surface area contributed by atoms with E-state index in [4.69, 9.17) is 20.4 Å². The van der Waals surface area contributed by atoms with Crippen molar-refractivity contribution in [3.05, 3.63) is 0 Å². The first kappa shape index (κ1) is 14.1. The standard InChI is InChI=1S/C7H16N2O6/c10-3-8(5-15-6-12)1-2-9(4-11)7(13)14/h10-12H,1-6H2,(H,13,14). The van der Waals surface area contributed by atoms with Gasteiger partial charge in [0, 0.05) is 13.1 Å². The number of carboxylic acid groups (broad SMARTS) is 1. The fraction of sp³-hybridized carbons (Fsp3) is 0.857. The third-order valence-electron chi connectivity index (χ3n) is 1.69. The molecule has 0 aromatic rings. The lowest BCUT2D eigenvalue weighted by Gasteiger charge is -2.22. The maximum atomic E-state index is 10.5. The number of aliphatic hydroxyl groups excluding tert-OH is 3. The molecule has 1 amide bonds. The molecule has 90 valence electrons. The zero-order valence-electron chi connectivity index (χ0n) is 8.24. The van der Waals surface area contributed by atoms with Gasteiger partial charge in [0.05, 0.1) is 6.73 Å². The molecule has 0 aliphatic rings. The maximum absolute atomic E-state index is 10.5. The van der Waals surface area contributed by atoms with E-state index in [2.05, 4.69) is 4.74 Å². The van der Waals surface area contributed by atoms with Crippen LogP contribution in [0.5, 0.6) is 0 Å². The van der Waals surface area contributed by atoms with Gasteiger partial charge in [-0.3, -0.25) is 9.80 Å². The largest absolute Gasteiger partial charge is 0.465 e. The van der Waals surface area contributed by atoms with Crippen molar-refractivity contribution in [1.82, 2.24) is 9.80 Å². The molecule has 15 heavy (non-hydrogen) atoms. The van der Waals surface area contributed by atoms with Crippen molar-refractivity contribution in [3.63, 3.8) is 0 Å². The molecule has 0 aromatic carbocycles. The first-order valence-corrected chi connectivity index (χ1v) is 4.26. The summed E-state index contributed by atoms with van der Waals surface area (Å²) in [5.74, 6) is 0. The van der Waals surface area contributed by atoms with Gasteiger partial charge in [0.2, 0.25) is 0 Å². The van der Waals surface area contributed by atoms with Crippen molar-refractivity contribution in [2.75, 3.05) is 40.1 Å². The molecule has 0 aliphatic heterocycles. The topological polar surface area (TPSA) is 114 Å². The highest BCUT2D eigenvalue weighted by Crippen LogP contribution is 1.92. The maximum Gasteiger partial charge on any atom is 0.409 e. The minimum Gasteiger partial charge on any atom is -0.465 e. The second-order valence-electron chi connectivity index (χ2n) is 2.69. The van der Waals surface area contributed by atoms with Crippen LogP contribution in [0.15, 0.2) is 0 Å². The Morgan fingerprint density at radius 1 is 1.13 bits per heavy atom. The Balaban J connectivity index is 3.81. The van der Waals surface area contributed by atoms with Crippen LogP contribution in [-0.2, 0) is 4.74 Å². The monoisotopic (exact) mass is 224 g/mol. The van der Waals surface area contributed by atoms with E-state index >= 15 is 0 Å². The van der Waals surface area contributed by atoms with Crippen LogP contribution in [-0.4, -0.2) is 76.4 Å². The summed E-state index contributed by atoms with van der Waals surface area (Å²) in [6.07, 6.45) is -1.24. The van der Waals surface area contributed by atoms with Gasteiger partial charge < -0.3 is 25.2 Å². The van der Waals surface area contributed by atoms with E-state index in [0.29, 0.717) is 0 Å². The molecule has 0 radical (unpaired) electrons. The highest BCUT2D eigenvalue weighted by atomic mass is 16.6. The molecule has 0 atom stereocenters. The normalized spacial score (nSPS) is 10.7. The Hall–Kier alpha value is -0.930. The van der Waals surface area contributed by atoms with Crippen LogP contribution < -0.4 is 0 Å². The number of rotatable bonds is 8. The average Bonchev–Trinajstić information content (AvgIpc) is 2.23. The summed E-state index contributed by atoms with van der Waals surface area (Å²) < 4.78 is 4.61. The Morgan fingerprint density at radius 3 is 2.20 bits per heavy atom. The van der Waals surface area contributed by atoms with Gasteiger partial charge in [0.25, 0.3) is 0 Å². The Labute approximate surface area is 86.9 Å². The molecule has 0 aromatic heterocycles. The third kappa shape index (κ3) is 6.20. The van der Waals surface area contributed by atoms with Crippen LogP contribution in [0.1, 0.15) is 0 Å². The molecular formula is C7H16N2O6. The molecule has 0 spiro atoms.